The Morgan fingerprint density at radius 1 is 0.738 bits per heavy atom. The molecule has 0 saturated carbocycles. The van der Waals surface area contributed by atoms with Crippen molar-refractivity contribution < 1.29 is 28.5 Å². The largest absolute Gasteiger partial charge is 0.502 e. The van der Waals surface area contributed by atoms with E-state index in [9.17, 15) is 9.59 Å². The molecule has 0 aliphatic carbocycles. The van der Waals surface area contributed by atoms with E-state index in [0.717, 1.165) is 49.2 Å². The number of ether oxygens (including phenoxy) is 4. The third-order valence-corrected chi connectivity index (χ3v) is 6.62. The molecule has 42 heavy (non-hydrogen) atoms. The minimum atomic E-state index is -0.789. The number of hydrogen-bond acceptors (Lipinski definition) is 7. The van der Waals surface area contributed by atoms with Crippen molar-refractivity contribution >= 4 is 11.9 Å². The Labute approximate surface area is 248 Å². The monoisotopic (exact) mass is 569 g/mol. The highest BCUT2D eigenvalue weighted by molar-refractivity contribution is 5.91. The summed E-state index contributed by atoms with van der Waals surface area (Å²) >= 11 is 0. The standard InChI is InChI=1S/C35H39NO6/c1-4-39-23-9-7-5-6-8-10-24-40-31-19-17-30(18-20-31)34(37)41-32-21-15-28(16-22-32)27-11-13-29(14-12-27)35(38)42-33(25-36)26(2)3/h4,11-22,26,33H,1,5-10,23-24H2,2-3H3/t33-/m0/s1. The first-order valence-corrected chi connectivity index (χ1v) is 14.4. The van der Waals surface area contributed by atoms with Crippen molar-refractivity contribution in [3.63, 3.8) is 0 Å². The van der Waals surface area contributed by atoms with E-state index in [1.807, 2.05) is 32.0 Å². The van der Waals surface area contributed by atoms with Gasteiger partial charge in [0.25, 0.3) is 0 Å². The molecule has 0 fully saturated rings. The van der Waals surface area contributed by atoms with E-state index in [2.05, 4.69) is 6.58 Å². The van der Waals surface area contributed by atoms with E-state index >= 15 is 0 Å². The van der Waals surface area contributed by atoms with Crippen LogP contribution in [0.15, 0.2) is 85.6 Å². The Morgan fingerprint density at radius 3 is 1.81 bits per heavy atom. The molecule has 0 heterocycles. The lowest BCUT2D eigenvalue weighted by Gasteiger charge is -2.14. The Kier molecular flexibility index (Phi) is 13.2. The maximum absolute atomic E-state index is 12.6. The predicted octanol–water partition coefficient (Wildman–Crippen LogP) is 8.16. The first-order valence-electron chi connectivity index (χ1n) is 14.4. The lowest BCUT2D eigenvalue weighted by Crippen LogP contribution is -2.21. The minimum absolute atomic E-state index is 0.0890. The average molecular weight is 570 g/mol. The maximum Gasteiger partial charge on any atom is 0.343 e. The van der Waals surface area contributed by atoms with Gasteiger partial charge in [-0.1, -0.05) is 70.4 Å². The number of unbranched alkanes of at least 4 members (excludes halogenated alkanes) is 5. The van der Waals surface area contributed by atoms with Crippen molar-refractivity contribution in [2.75, 3.05) is 13.2 Å². The second-order valence-electron chi connectivity index (χ2n) is 10.2. The van der Waals surface area contributed by atoms with Crippen LogP contribution >= 0.6 is 0 Å². The van der Waals surface area contributed by atoms with Crippen LogP contribution in [-0.4, -0.2) is 31.3 Å². The van der Waals surface area contributed by atoms with E-state index in [1.165, 1.54) is 19.1 Å². The predicted molar refractivity (Wildman–Crippen MR) is 162 cm³/mol. The van der Waals surface area contributed by atoms with Crippen molar-refractivity contribution in [1.29, 1.82) is 5.26 Å². The van der Waals surface area contributed by atoms with Crippen molar-refractivity contribution in [2.45, 2.75) is 58.5 Å². The van der Waals surface area contributed by atoms with Crippen LogP contribution in [0.3, 0.4) is 0 Å². The molecule has 7 nitrogen and oxygen atoms in total. The highest BCUT2D eigenvalue weighted by Gasteiger charge is 2.18. The van der Waals surface area contributed by atoms with Gasteiger partial charge >= 0.3 is 11.9 Å². The lowest BCUT2D eigenvalue weighted by molar-refractivity contribution is 0.0325. The van der Waals surface area contributed by atoms with Gasteiger partial charge in [0.2, 0.25) is 0 Å². The number of esters is 2. The van der Waals surface area contributed by atoms with Crippen molar-refractivity contribution in [1.82, 2.24) is 0 Å². The van der Waals surface area contributed by atoms with Crippen LogP contribution in [0.1, 0.15) is 73.1 Å². The van der Waals surface area contributed by atoms with Gasteiger partial charge < -0.3 is 18.9 Å². The first kappa shape index (κ1) is 32.0. The fourth-order valence-electron chi connectivity index (χ4n) is 4.13. The van der Waals surface area contributed by atoms with E-state index in [0.29, 0.717) is 23.5 Å². The number of rotatable bonds is 17. The van der Waals surface area contributed by atoms with E-state index in [4.69, 9.17) is 24.2 Å². The number of carbonyl (C=O) groups excluding carboxylic acids is 2. The molecule has 0 aliphatic heterocycles. The van der Waals surface area contributed by atoms with E-state index in [1.54, 1.807) is 60.7 Å². The molecule has 220 valence electrons. The van der Waals surface area contributed by atoms with Crippen LogP contribution in [0.25, 0.3) is 11.1 Å². The Bertz CT molecular complexity index is 1310. The van der Waals surface area contributed by atoms with Gasteiger partial charge in [-0.05, 0) is 72.5 Å². The zero-order chi connectivity index (χ0) is 30.2. The molecular weight excluding hydrogens is 530 g/mol. The summed E-state index contributed by atoms with van der Waals surface area (Å²) in [6, 6.07) is 23.0. The number of nitriles is 1. The summed E-state index contributed by atoms with van der Waals surface area (Å²) in [7, 11) is 0. The smallest absolute Gasteiger partial charge is 0.343 e. The highest BCUT2D eigenvalue weighted by Crippen LogP contribution is 2.24. The van der Waals surface area contributed by atoms with Crippen molar-refractivity contribution in [3.8, 4) is 28.7 Å². The first-order chi connectivity index (χ1) is 20.4. The average Bonchev–Trinajstić information content (AvgIpc) is 3.01. The molecule has 0 unspecified atom stereocenters. The van der Waals surface area contributed by atoms with Crippen LogP contribution < -0.4 is 9.47 Å². The summed E-state index contributed by atoms with van der Waals surface area (Å²) in [5.74, 6) is 0.0774. The topological polar surface area (TPSA) is 94.8 Å². The molecule has 0 saturated heterocycles. The Balaban J connectivity index is 1.42. The molecular formula is C35H39NO6. The third kappa shape index (κ3) is 10.4. The normalized spacial score (nSPS) is 11.3. The van der Waals surface area contributed by atoms with Gasteiger partial charge in [0, 0.05) is 5.92 Å². The quantitative estimate of drug-likeness (QED) is 0.0700. The summed E-state index contributed by atoms with van der Waals surface area (Å²) in [4.78, 5) is 25.0. The SMILES string of the molecule is C=COCCCCCCCCOc1ccc(C(=O)Oc2ccc(-c3ccc(C(=O)O[C@@H](C#N)C(C)C)cc3)cc2)cc1. The molecule has 0 bridgehead atoms. The van der Waals surface area contributed by atoms with Crippen LogP contribution in [-0.2, 0) is 9.47 Å². The summed E-state index contributed by atoms with van der Waals surface area (Å²) in [6.07, 6.45) is 7.39. The van der Waals surface area contributed by atoms with Crippen molar-refractivity contribution in [3.05, 3.63) is 96.8 Å². The molecule has 0 N–H and O–H groups in total. The number of hydrogen-bond donors (Lipinski definition) is 0. The molecule has 0 aliphatic rings. The van der Waals surface area contributed by atoms with Gasteiger partial charge in [-0.25, -0.2) is 9.59 Å². The molecule has 1 atom stereocenters. The number of carbonyl (C=O) groups is 2. The molecule has 7 heteroatoms. The fraction of sp³-hybridized carbons (Fsp3) is 0.343. The maximum atomic E-state index is 12.6. The van der Waals surface area contributed by atoms with Crippen LogP contribution in [0.5, 0.6) is 11.5 Å². The lowest BCUT2D eigenvalue weighted by atomic mass is 10.0. The second kappa shape index (κ2) is 17.3. The molecule has 0 amide bonds. The molecule has 3 aromatic rings. The summed E-state index contributed by atoms with van der Waals surface area (Å²) in [5, 5.41) is 9.15. The van der Waals surface area contributed by atoms with Gasteiger partial charge in [-0.15, -0.1) is 0 Å². The molecule has 3 aromatic carbocycles. The second-order valence-corrected chi connectivity index (χ2v) is 10.2. The molecule has 0 spiro atoms. The van der Waals surface area contributed by atoms with Crippen molar-refractivity contribution in [2.24, 2.45) is 5.92 Å². The van der Waals surface area contributed by atoms with E-state index in [-0.39, 0.29) is 5.92 Å². The van der Waals surface area contributed by atoms with Crippen LogP contribution in [0.2, 0.25) is 0 Å². The molecule has 0 aromatic heterocycles. The summed E-state index contributed by atoms with van der Waals surface area (Å²) in [5.41, 5.74) is 2.59. The van der Waals surface area contributed by atoms with Gasteiger partial charge in [-0.2, -0.15) is 5.26 Å². The van der Waals surface area contributed by atoms with Gasteiger partial charge in [0.05, 0.1) is 30.6 Å². The zero-order valence-corrected chi connectivity index (χ0v) is 24.4. The highest BCUT2D eigenvalue weighted by atomic mass is 16.5. The van der Waals surface area contributed by atoms with E-state index < -0.39 is 18.0 Å². The summed E-state index contributed by atoms with van der Waals surface area (Å²) < 4.78 is 21.7. The zero-order valence-electron chi connectivity index (χ0n) is 24.4. The Hall–Kier alpha value is -4.57. The number of benzene rings is 3. The fourth-order valence-corrected chi connectivity index (χ4v) is 4.13. The molecule has 0 radical (unpaired) electrons. The Morgan fingerprint density at radius 2 is 1.24 bits per heavy atom. The van der Waals surface area contributed by atoms with Gasteiger partial charge in [0.15, 0.2) is 6.10 Å². The molecule has 3 rings (SSSR count). The van der Waals surface area contributed by atoms with Gasteiger partial charge in [-0.3, -0.25) is 0 Å². The van der Waals surface area contributed by atoms with Crippen LogP contribution in [0.4, 0.5) is 0 Å². The van der Waals surface area contributed by atoms with Gasteiger partial charge in [0.1, 0.15) is 17.6 Å². The minimum Gasteiger partial charge on any atom is -0.502 e. The van der Waals surface area contributed by atoms with Crippen LogP contribution in [0, 0.1) is 17.2 Å². The third-order valence-electron chi connectivity index (χ3n) is 6.62. The summed E-state index contributed by atoms with van der Waals surface area (Å²) in [6.45, 7) is 8.57. The number of nitrogens with zero attached hydrogens (tertiary/aromatic N) is 1.